The van der Waals surface area contributed by atoms with E-state index < -0.39 is 5.60 Å². The molecule has 0 N–H and O–H groups in total. The van der Waals surface area contributed by atoms with E-state index >= 15 is 0 Å². The van der Waals surface area contributed by atoms with Crippen molar-refractivity contribution in [3.63, 3.8) is 0 Å². The molecule has 3 heteroatoms. The molecule has 5 rings (SSSR count). The first-order valence-electron chi connectivity index (χ1n) is 8.69. The normalized spacial score (nSPS) is 17.8. The van der Waals surface area contributed by atoms with E-state index in [-0.39, 0.29) is 5.41 Å². The first-order chi connectivity index (χ1) is 11.9. The average molecular weight is 328 g/mol. The zero-order valence-corrected chi connectivity index (χ0v) is 14.9. The Morgan fingerprint density at radius 2 is 1.60 bits per heavy atom. The lowest BCUT2D eigenvalue weighted by atomic mass is 9.77. The summed E-state index contributed by atoms with van der Waals surface area (Å²) in [6, 6.07) is 12.6. The second-order valence-electron chi connectivity index (χ2n) is 7.90. The van der Waals surface area contributed by atoms with Crippen molar-refractivity contribution in [2.24, 2.45) is 0 Å². The summed E-state index contributed by atoms with van der Waals surface area (Å²) < 4.78 is 6.38. The molecule has 2 aliphatic rings. The van der Waals surface area contributed by atoms with Crippen LogP contribution in [-0.4, -0.2) is 9.97 Å². The van der Waals surface area contributed by atoms with Crippen LogP contribution in [0.25, 0.3) is 22.4 Å². The van der Waals surface area contributed by atoms with Gasteiger partial charge in [0.2, 0.25) is 0 Å². The molecule has 1 aliphatic carbocycles. The van der Waals surface area contributed by atoms with Crippen molar-refractivity contribution in [2.75, 3.05) is 0 Å². The zero-order chi connectivity index (χ0) is 17.4. The Kier molecular flexibility index (Phi) is 2.63. The van der Waals surface area contributed by atoms with Crippen molar-refractivity contribution < 1.29 is 4.74 Å². The number of hydrogen-bond donors (Lipinski definition) is 0. The van der Waals surface area contributed by atoms with Crippen LogP contribution in [0, 0.1) is 0 Å². The highest BCUT2D eigenvalue weighted by atomic mass is 16.5. The summed E-state index contributed by atoms with van der Waals surface area (Å²) in [6.45, 7) is 8.71. The van der Waals surface area contributed by atoms with E-state index in [1.165, 1.54) is 27.8 Å². The van der Waals surface area contributed by atoms with Crippen molar-refractivity contribution in [3.8, 4) is 28.1 Å². The van der Waals surface area contributed by atoms with Gasteiger partial charge in [-0.25, -0.2) is 0 Å². The minimum atomic E-state index is -0.439. The molecule has 0 atom stereocenters. The smallest absolute Gasteiger partial charge is 0.146 e. The van der Waals surface area contributed by atoms with Gasteiger partial charge in [-0.2, -0.15) is 0 Å². The molecule has 0 spiro atoms. The number of nitrogens with zero attached hydrogens (tertiary/aromatic N) is 2. The third-order valence-corrected chi connectivity index (χ3v) is 5.54. The summed E-state index contributed by atoms with van der Waals surface area (Å²) in [5.74, 6) is 0.935. The molecule has 3 heterocycles. The Labute approximate surface area is 147 Å². The minimum absolute atomic E-state index is 0.123. The molecule has 1 aromatic carbocycles. The second kappa shape index (κ2) is 4.48. The Bertz CT molecular complexity index is 1030. The quantitative estimate of drug-likeness (QED) is 0.577. The van der Waals surface area contributed by atoms with Crippen LogP contribution in [0.4, 0.5) is 0 Å². The standard InChI is InChI=1S/C22H20N2O/c1-21(2)15-8-6-11-23-19(15)14-9-10-16-17(18(14)21)13-7-5-12-24-20(13)22(3,4)25-16/h5-12H,1-4H3. The average Bonchev–Trinajstić information content (AvgIpc) is 2.83. The van der Waals surface area contributed by atoms with Crippen molar-refractivity contribution in [1.82, 2.24) is 9.97 Å². The lowest BCUT2D eigenvalue weighted by Crippen LogP contribution is -2.31. The summed E-state index contributed by atoms with van der Waals surface area (Å²) in [7, 11) is 0. The topological polar surface area (TPSA) is 35.0 Å². The van der Waals surface area contributed by atoms with E-state index in [0.717, 1.165) is 17.1 Å². The number of fused-ring (bicyclic) bond motifs is 7. The fourth-order valence-corrected chi connectivity index (χ4v) is 4.45. The molecule has 0 radical (unpaired) electrons. The predicted octanol–water partition coefficient (Wildman–Crippen LogP) is 5.08. The Morgan fingerprint density at radius 1 is 0.840 bits per heavy atom. The number of ether oxygens (including phenoxy) is 1. The Morgan fingerprint density at radius 3 is 2.44 bits per heavy atom. The maximum Gasteiger partial charge on any atom is 0.146 e. The molecule has 0 saturated heterocycles. The van der Waals surface area contributed by atoms with Crippen molar-refractivity contribution in [3.05, 3.63) is 65.6 Å². The minimum Gasteiger partial charge on any atom is -0.481 e. The van der Waals surface area contributed by atoms with Gasteiger partial charge in [0, 0.05) is 34.5 Å². The molecular weight excluding hydrogens is 308 g/mol. The second-order valence-corrected chi connectivity index (χ2v) is 7.90. The summed E-state index contributed by atoms with van der Waals surface area (Å²) in [6.07, 6.45) is 3.72. The largest absolute Gasteiger partial charge is 0.481 e. The monoisotopic (exact) mass is 328 g/mol. The van der Waals surface area contributed by atoms with E-state index in [1.54, 1.807) is 0 Å². The molecule has 0 saturated carbocycles. The van der Waals surface area contributed by atoms with Crippen LogP contribution in [0.2, 0.25) is 0 Å². The number of hydrogen-bond acceptors (Lipinski definition) is 3. The SMILES string of the molecule is CC1(C)Oc2ccc3c(c2-c2cccnc21)C(C)(C)c1cccnc1-3. The molecule has 0 bridgehead atoms. The number of pyridine rings is 2. The highest BCUT2D eigenvalue weighted by molar-refractivity contribution is 5.90. The van der Waals surface area contributed by atoms with Crippen LogP contribution in [0.15, 0.2) is 48.8 Å². The van der Waals surface area contributed by atoms with Crippen LogP contribution in [0.1, 0.15) is 44.5 Å². The molecule has 3 nitrogen and oxygen atoms in total. The Balaban J connectivity index is 1.90. The van der Waals surface area contributed by atoms with Gasteiger partial charge in [-0.1, -0.05) is 26.0 Å². The highest BCUT2D eigenvalue weighted by Gasteiger charge is 2.43. The van der Waals surface area contributed by atoms with E-state index in [1.807, 2.05) is 24.5 Å². The fraction of sp³-hybridized carbons (Fsp3) is 0.273. The Hall–Kier alpha value is -2.68. The lowest BCUT2D eigenvalue weighted by Gasteiger charge is -2.36. The summed E-state index contributed by atoms with van der Waals surface area (Å²) in [5, 5.41) is 0. The van der Waals surface area contributed by atoms with Gasteiger partial charge in [0.25, 0.3) is 0 Å². The van der Waals surface area contributed by atoms with Crippen molar-refractivity contribution in [2.45, 2.75) is 38.7 Å². The maximum atomic E-state index is 6.38. The fourth-order valence-electron chi connectivity index (χ4n) is 4.45. The van der Waals surface area contributed by atoms with E-state index in [0.29, 0.717) is 0 Å². The number of rotatable bonds is 0. The van der Waals surface area contributed by atoms with Crippen LogP contribution in [0.5, 0.6) is 5.75 Å². The van der Waals surface area contributed by atoms with Gasteiger partial charge in [-0.05, 0) is 49.2 Å². The molecule has 1 aliphatic heterocycles. The van der Waals surface area contributed by atoms with Gasteiger partial charge in [0.05, 0.1) is 11.4 Å². The van der Waals surface area contributed by atoms with Gasteiger partial charge in [-0.3, -0.25) is 9.97 Å². The molecule has 0 fully saturated rings. The first kappa shape index (κ1) is 14.6. The molecule has 3 aromatic rings. The maximum absolute atomic E-state index is 6.38. The number of benzene rings is 1. The van der Waals surface area contributed by atoms with E-state index in [2.05, 4.69) is 61.9 Å². The molecule has 124 valence electrons. The summed E-state index contributed by atoms with van der Waals surface area (Å²) in [5.41, 5.74) is 7.63. The van der Waals surface area contributed by atoms with Gasteiger partial charge in [0.1, 0.15) is 11.4 Å². The van der Waals surface area contributed by atoms with Gasteiger partial charge in [0.15, 0.2) is 0 Å². The number of aromatic nitrogens is 2. The van der Waals surface area contributed by atoms with Crippen molar-refractivity contribution in [1.29, 1.82) is 0 Å². The lowest BCUT2D eigenvalue weighted by molar-refractivity contribution is 0.100. The van der Waals surface area contributed by atoms with Gasteiger partial charge < -0.3 is 4.74 Å². The van der Waals surface area contributed by atoms with Gasteiger partial charge in [-0.15, -0.1) is 0 Å². The van der Waals surface area contributed by atoms with Crippen LogP contribution < -0.4 is 4.74 Å². The van der Waals surface area contributed by atoms with Crippen LogP contribution in [0.3, 0.4) is 0 Å². The zero-order valence-electron chi connectivity index (χ0n) is 14.9. The highest BCUT2D eigenvalue weighted by Crippen LogP contribution is 2.56. The molecule has 0 unspecified atom stereocenters. The van der Waals surface area contributed by atoms with Crippen LogP contribution in [-0.2, 0) is 11.0 Å². The van der Waals surface area contributed by atoms with Crippen LogP contribution >= 0.6 is 0 Å². The summed E-state index contributed by atoms with van der Waals surface area (Å²) in [4.78, 5) is 9.33. The predicted molar refractivity (Wildman–Crippen MR) is 98.7 cm³/mol. The molecular formula is C22H20N2O. The van der Waals surface area contributed by atoms with Crippen molar-refractivity contribution >= 4 is 0 Å². The van der Waals surface area contributed by atoms with Gasteiger partial charge >= 0.3 is 0 Å². The third-order valence-electron chi connectivity index (χ3n) is 5.54. The third kappa shape index (κ3) is 1.76. The summed E-state index contributed by atoms with van der Waals surface area (Å²) >= 11 is 0. The molecule has 0 amide bonds. The van der Waals surface area contributed by atoms with E-state index in [9.17, 15) is 0 Å². The van der Waals surface area contributed by atoms with E-state index in [4.69, 9.17) is 4.74 Å². The molecule has 2 aromatic heterocycles. The first-order valence-corrected chi connectivity index (χ1v) is 8.69. The molecule has 25 heavy (non-hydrogen) atoms.